The smallest absolute Gasteiger partial charge is 0.526 e. The van der Waals surface area contributed by atoms with E-state index in [9.17, 15) is 24.5 Å². The van der Waals surface area contributed by atoms with Gasteiger partial charge in [0.25, 0.3) is 0 Å². The lowest BCUT2D eigenvalue weighted by Gasteiger charge is -2.34. The average Bonchev–Trinajstić information content (AvgIpc) is 2.70. The van der Waals surface area contributed by atoms with Crippen LogP contribution in [-0.4, -0.2) is 90.5 Å². The first-order chi connectivity index (χ1) is 14.4. The minimum Gasteiger partial charge on any atom is -0.535 e. The van der Waals surface area contributed by atoms with E-state index in [1.54, 1.807) is 17.0 Å². The third-order valence-corrected chi connectivity index (χ3v) is 5.56. The molecule has 1 aromatic carbocycles. The molecule has 3 N–H and O–H groups in total. The second kappa shape index (κ2) is 10.1. The van der Waals surface area contributed by atoms with Crippen LogP contribution in [0.3, 0.4) is 0 Å². The predicted octanol–water partition coefficient (Wildman–Crippen LogP) is -0.117. The molecule has 0 saturated carbocycles. The van der Waals surface area contributed by atoms with E-state index in [1.807, 2.05) is 6.92 Å². The average molecular weight is 417 g/mol. The van der Waals surface area contributed by atoms with Crippen LogP contribution in [0.5, 0.6) is 5.75 Å². The lowest BCUT2D eigenvalue weighted by Crippen LogP contribution is -2.53. The first kappa shape index (κ1) is 22.3. The number of carboxylic acid groups (broad SMARTS) is 1. The van der Waals surface area contributed by atoms with Crippen molar-refractivity contribution in [2.45, 2.75) is 25.6 Å². The van der Waals surface area contributed by atoms with Crippen LogP contribution < -0.4 is 9.97 Å². The highest BCUT2D eigenvalue weighted by Gasteiger charge is 2.38. The van der Waals surface area contributed by atoms with Gasteiger partial charge in [-0.2, -0.15) is 0 Å². The highest BCUT2D eigenvalue weighted by molar-refractivity contribution is 6.47. The molecule has 10 heteroatoms. The zero-order chi connectivity index (χ0) is 21.7. The molecular formula is C20H28BN3O6. The van der Waals surface area contributed by atoms with Crippen molar-refractivity contribution in [3.8, 4) is 5.75 Å². The van der Waals surface area contributed by atoms with Gasteiger partial charge in [-0.05, 0) is 24.6 Å². The van der Waals surface area contributed by atoms with E-state index in [2.05, 4.69) is 10.2 Å². The van der Waals surface area contributed by atoms with Crippen LogP contribution in [0.25, 0.3) is 0 Å². The number of hydrogen-bond acceptors (Lipinski definition) is 7. The van der Waals surface area contributed by atoms with Gasteiger partial charge in [-0.15, -0.1) is 0 Å². The van der Waals surface area contributed by atoms with E-state index in [0.29, 0.717) is 25.1 Å². The maximum Gasteiger partial charge on any atom is 0.526 e. The van der Waals surface area contributed by atoms with E-state index >= 15 is 0 Å². The fourth-order valence-electron chi connectivity index (χ4n) is 3.93. The number of para-hydroxylation sites is 1. The summed E-state index contributed by atoms with van der Waals surface area (Å²) in [6.07, 6.45) is 0.404. The van der Waals surface area contributed by atoms with Gasteiger partial charge in [0.15, 0.2) is 5.78 Å². The molecule has 0 unspecified atom stereocenters. The minimum atomic E-state index is -1.26. The van der Waals surface area contributed by atoms with E-state index < -0.39 is 18.9 Å². The Labute approximate surface area is 176 Å². The molecule has 1 atom stereocenters. The maximum absolute atomic E-state index is 12.6. The predicted molar refractivity (Wildman–Crippen MR) is 111 cm³/mol. The van der Waals surface area contributed by atoms with Crippen molar-refractivity contribution in [2.24, 2.45) is 0 Å². The Balaban J connectivity index is 1.52. The molecular weight excluding hydrogens is 389 g/mol. The summed E-state index contributed by atoms with van der Waals surface area (Å²) in [6, 6.07) is 4.78. The number of piperazine rings is 1. The summed E-state index contributed by atoms with van der Waals surface area (Å²) in [5.41, 5.74) is 0.650. The highest BCUT2D eigenvalue weighted by Crippen LogP contribution is 2.36. The number of carbonyl (C=O) groups excluding carboxylic acids is 2. The summed E-state index contributed by atoms with van der Waals surface area (Å²) in [5, 5.41) is 22.8. The second-order valence-electron chi connectivity index (χ2n) is 7.76. The molecule has 1 amide bonds. The van der Waals surface area contributed by atoms with Crippen molar-refractivity contribution in [1.29, 1.82) is 0 Å². The molecule has 9 nitrogen and oxygen atoms in total. The number of amides is 1. The fourth-order valence-corrected chi connectivity index (χ4v) is 3.93. The quantitative estimate of drug-likeness (QED) is 0.376. The maximum atomic E-state index is 12.6. The molecule has 0 bridgehead atoms. The molecule has 162 valence electrons. The summed E-state index contributed by atoms with van der Waals surface area (Å²) in [6.45, 7) is 6.10. The largest absolute Gasteiger partial charge is 0.535 e. The molecule has 2 aliphatic heterocycles. The number of ketones is 1. The monoisotopic (exact) mass is 417 g/mol. The molecule has 1 saturated heterocycles. The number of Topliss-reactive ketones (excluding diaryl/α,β-unsaturated/α-hetero) is 1. The van der Waals surface area contributed by atoms with Gasteiger partial charge in [0.2, 0.25) is 5.91 Å². The van der Waals surface area contributed by atoms with E-state index in [4.69, 9.17) is 4.65 Å². The van der Waals surface area contributed by atoms with Crippen molar-refractivity contribution in [2.75, 3.05) is 45.8 Å². The molecule has 1 fully saturated rings. The van der Waals surface area contributed by atoms with Gasteiger partial charge in [-0.25, -0.2) is 4.79 Å². The molecule has 2 aliphatic rings. The Morgan fingerprint density at radius 1 is 1.33 bits per heavy atom. The summed E-state index contributed by atoms with van der Waals surface area (Å²) in [7, 11) is -1.26. The van der Waals surface area contributed by atoms with Gasteiger partial charge in [-0.3, -0.25) is 14.5 Å². The van der Waals surface area contributed by atoms with Gasteiger partial charge in [-0.1, -0.05) is 19.1 Å². The summed E-state index contributed by atoms with van der Waals surface area (Å²) < 4.78 is 5.44. The SMILES string of the molecule is CCNCCN1CCN(CC(=O)C[C@H]2Cc3cccc(C(=O)O)c3OB2O)C(=O)C1. The molecule has 0 aliphatic carbocycles. The number of aromatic carboxylic acids is 1. The first-order valence-electron chi connectivity index (χ1n) is 10.3. The molecule has 0 radical (unpaired) electrons. The fraction of sp³-hybridized carbons (Fsp3) is 0.550. The Hall–Kier alpha value is -2.43. The van der Waals surface area contributed by atoms with Crippen LogP contribution in [0.15, 0.2) is 18.2 Å². The summed E-state index contributed by atoms with van der Waals surface area (Å²) >= 11 is 0. The summed E-state index contributed by atoms with van der Waals surface area (Å²) in [4.78, 5) is 39.9. The van der Waals surface area contributed by atoms with Crippen molar-refractivity contribution >= 4 is 24.8 Å². The Morgan fingerprint density at radius 3 is 2.83 bits per heavy atom. The third kappa shape index (κ3) is 5.38. The summed E-state index contributed by atoms with van der Waals surface area (Å²) in [5.74, 6) is -1.66. The Kier molecular flexibility index (Phi) is 7.46. The molecule has 3 rings (SSSR count). The molecule has 1 aromatic rings. The van der Waals surface area contributed by atoms with Crippen molar-refractivity contribution in [3.63, 3.8) is 0 Å². The molecule has 2 heterocycles. The number of likely N-dealkylation sites (N-methyl/N-ethyl adjacent to an activating group) is 1. The molecule has 30 heavy (non-hydrogen) atoms. The molecule has 0 spiro atoms. The van der Waals surface area contributed by atoms with Crippen molar-refractivity contribution in [3.05, 3.63) is 29.3 Å². The van der Waals surface area contributed by atoms with Crippen LogP contribution in [0.4, 0.5) is 0 Å². The third-order valence-electron chi connectivity index (χ3n) is 5.56. The lowest BCUT2D eigenvalue weighted by atomic mass is 9.64. The van der Waals surface area contributed by atoms with E-state index in [0.717, 1.165) is 26.2 Å². The zero-order valence-corrected chi connectivity index (χ0v) is 17.2. The number of hydrogen-bond donors (Lipinski definition) is 3. The van der Waals surface area contributed by atoms with Gasteiger partial charge in [0.05, 0.1) is 18.7 Å². The Morgan fingerprint density at radius 2 is 2.13 bits per heavy atom. The highest BCUT2D eigenvalue weighted by atomic mass is 16.5. The van der Waals surface area contributed by atoms with Crippen LogP contribution in [-0.2, 0) is 16.0 Å². The van der Waals surface area contributed by atoms with E-state index in [1.165, 1.54) is 6.07 Å². The Bertz CT molecular complexity index is 805. The van der Waals surface area contributed by atoms with Crippen LogP contribution in [0, 0.1) is 0 Å². The van der Waals surface area contributed by atoms with Gasteiger partial charge in [0, 0.05) is 38.4 Å². The number of nitrogens with one attached hydrogen (secondary N) is 1. The molecule has 0 aromatic heterocycles. The lowest BCUT2D eigenvalue weighted by molar-refractivity contribution is -0.139. The van der Waals surface area contributed by atoms with Crippen molar-refractivity contribution < 1.29 is 29.2 Å². The minimum absolute atomic E-state index is 0.00562. The first-order valence-corrected chi connectivity index (χ1v) is 10.3. The van der Waals surface area contributed by atoms with Gasteiger partial charge < -0.3 is 25.0 Å². The second-order valence-corrected chi connectivity index (χ2v) is 7.76. The van der Waals surface area contributed by atoms with Crippen LogP contribution in [0.1, 0.15) is 29.3 Å². The topological polar surface area (TPSA) is 119 Å². The van der Waals surface area contributed by atoms with Gasteiger partial charge >= 0.3 is 13.1 Å². The number of carbonyl (C=O) groups is 3. The number of carboxylic acids is 1. The standard InChI is InChI=1S/C20H28BN3O6/c1-2-22-6-7-23-8-9-24(18(26)13-23)12-16(25)11-15-10-14-4-3-5-17(20(27)28)19(14)30-21(15)29/h3-5,15,22,29H,2,6-13H2,1H3,(H,27,28)/t15-/m1/s1. The number of rotatable bonds is 9. The number of benzene rings is 1. The number of nitrogens with zero attached hydrogens (tertiary/aromatic N) is 2. The van der Waals surface area contributed by atoms with Gasteiger partial charge in [0.1, 0.15) is 5.75 Å². The van der Waals surface area contributed by atoms with Crippen molar-refractivity contribution in [1.82, 2.24) is 15.1 Å². The van der Waals surface area contributed by atoms with Crippen LogP contribution in [0.2, 0.25) is 5.82 Å². The number of fused-ring (bicyclic) bond motifs is 1. The zero-order valence-electron chi connectivity index (χ0n) is 17.2. The van der Waals surface area contributed by atoms with E-state index in [-0.39, 0.29) is 36.0 Å². The normalized spacial score (nSPS) is 19.4. The van der Waals surface area contributed by atoms with Crippen LogP contribution >= 0.6 is 0 Å².